The standard InChI is InChI=1S/C17H22Cl3NO9/c1-7(22)26-6-12-15(28-9(3)24)16(29-10(4)25)14(27-8(2)23)11(30-12)5-13(21)17(18,19)20/h11-12,14-16,21H,5-6H2,1-4H3. The zero-order chi connectivity index (χ0) is 23.2. The van der Waals surface area contributed by atoms with Gasteiger partial charge < -0.3 is 29.1 Å². The number of carbonyl (C=O) groups excluding carboxylic acids is 4. The van der Waals surface area contributed by atoms with Gasteiger partial charge >= 0.3 is 23.9 Å². The van der Waals surface area contributed by atoms with Gasteiger partial charge in [0.2, 0.25) is 3.79 Å². The van der Waals surface area contributed by atoms with Gasteiger partial charge in [-0.2, -0.15) is 0 Å². The van der Waals surface area contributed by atoms with Crippen LogP contribution in [0.25, 0.3) is 0 Å². The summed E-state index contributed by atoms with van der Waals surface area (Å²) in [5, 5.41) is 7.96. The first-order valence-corrected chi connectivity index (χ1v) is 9.80. The van der Waals surface area contributed by atoms with Crippen molar-refractivity contribution >= 4 is 64.4 Å². The number of hydrogen-bond acceptors (Lipinski definition) is 10. The lowest BCUT2D eigenvalue weighted by Gasteiger charge is -2.44. The number of hydrogen-bond donors (Lipinski definition) is 1. The lowest BCUT2D eigenvalue weighted by molar-refractivity contribution is -0.251. The number of carbonyl (C=O) groups is 4. The summed E-state index contributed by atoms with van der Waals surface area (Å²) < 4.78 is 24.4. The monoisotopic (exact) mass is 489 g/mol. The number of alkyl halides is 3. The molecule has 1 aliphatic heterocycles. The number of ether oxygens (including phenoxy) is 5. The summed E-state index contributed by atoms with van der Waals surface area (Å²) in [4.78, 5) is 46.2. The maximum Gasteiger partial charge on any atom is 0.303 e. The van der Waals surface area contributed by atoms with Gasteiger partial charge in [-0.1, -0.05) is 34.8 Å². The van der Waals surface area contributed by atoms with Crippen LogP contribution in [0, 0.1) is 5.41 Å². The van der Waals surface area contributed by atoms with E-state index in [1.807, 2.05) is 0 Å². The van der Waals surface area contributed by atoms with Crippen molar-refractivity contribution in [2.24, 2.45) is 0 Å². The van der Waals surface area contributed by atoms with Crippen LogP contribution < -0.4 is 0 Å². The van der Waals surface area contributed by atoms with Crippen molar-refractivity contribution in [3.05, 3.63) is 0 Å². The van der Waals surface area contributed by atoms with E-state index < -0.39 is 63.9 Å². The summed E-state index contributed by atoms with van der Waals surface area (Å²) in [6, 6.07) is 0. The second-order valence-corrected chi connectivity index (χ2v) is 8.70. The average Bonchev–Trinajstić information content (AvgIpc) is 2.56. The first kappa shape index (κ1) is 26.4. The molecule has 5 unspecified atom stereocenters. The van der Waals surface area contributed by atoms with E-state index in [0.29, 0.717) is 0 Å². The highest BCUT2D eigenvalue weighted by atomic mass is 35.6. The van der Waals surface area contributed by atoms with Crippen molar-refractivity contribution in [1.29, 1.82) is 5.41 Å². The summed E-state index contributed by atoms with van der Waals surface area (Å²) in [6.07, 6.45) is -6.53. The molecule has 0 radical (unpaired) electrons. The molecule has 0 aromatic carbocycles. The van der Waals surface area contributed by atoms with E-state index in [2.05, 4.69) is 0 Å². The van der Waals surface area contributed by atoms with Gasteiger partial charge in [0, 0.05) is 34.1 Å². The highest BCUT2D eigenvalue weighted by Gasteiger charge is 2.52. The van der Waals surface area contributed by atoms with Crippen LogP contribution in [-0.2, 0) is 42.9 Å². The summed E-state index contributed by atoms with van der Waals surface area (Å²) in [6.45, 7) is 4.10. The highest BCUT2D eigenvalue weighted by molar-refractivity contribution is 6.76. The molecule has 1 rings (SSSR count). The molecular formula is C17H22Cl3NO9. The van der Waals surface area contributed by atoms with Crippen molar-refractivity contribution in [2.45, 2.75) is 68.4 Å². The number of halogens is 3. The Bertz CT molecular complexity index is 694. The zero-order valence-electron chi connectivity index (χ0n) is 16.6. The lowest BCUT2D eigenvalue weighted by atomic mass is 9.91. The van der Waals surface area contributed by atoms with E-state index in [-0.39, 0.29) is 13.0 Å². The van der Waals surface area contributed by atoms with Gasteiger partial charge in [0.15, 0.2) is 18.3 Å². The minimum absolute atomic E-state index is 0.338. The molecular weight excluding hydrogens is 469 g/mol. The van der Waals surface area contributed by atoms with E-state index in [1.54, 1.807) is 0 Å². The second kappa shape index (κ2) is 11.1. The second-order valence-electron chi connectivity index (χ2n) is 6.42. The van der Waals surface area contributed by atoms with Gasteiger partial charge in [-0.3, -0.25) is 19.2 Å². The van der Waals surface area contributed by atoms with E-state index in [1.165, 1.54) is 0 Å². The molecule has 1 heterocycles. The third kappa shape index (κ3) is 8.25. The molecule has 0 aliphatic carbocycles. The fourth-order valence-electron chi connectivity index (χ4n) is 2.80. The number of rotatable bonds is 7. The predicted octanol–water partition coefficient (Wildman–Crippen LogP) is 1.89. The Hall–Kier alpha value is -1.62. The Morgan fingerprint density at radius 1 is 0.800 bits per heavy atom. The molecule has 5 atom stereocenters. The molecule has 0 amide bonds. The Kier molecular flexibility index (Phi) is 9.80. The van der Waals surface area contributed by atoms with Crippen molar-refractivity contribution in [3.8, 4) is 0 Å². The van der Waals surface area contributed by atoms with Gasteiger partial charge in [-0.25, -0.2) is 0 Å². The molecule has 1 aliphatic rings. The van der Waals surface area contributed by atoms with Crippen molar-refractivity contribution in [2.75, 3.05) is 6.61 Å². The fraction of sp³-hybridized carbons (Fsp3) is 0.706. The van der Waals surface area contributed by atoms with E-state index in [4.69, 9.17) is 63.9 Å². The van der Waals surface area contributed by atoms with Crippen molar-refractivity contribution in [3.63, 3.8) is 0 Å². The summed E-state index contributed by atoms with van der Waals surface area (Å²) >= 11 is 17.2. The molecule has 170 valence electrons. The van der Waals surface area contributed by atoms with E-state index in [9.17, 15) is 19.2 Å². The fourth-order valence-corrected chi connectivity index (χ4v) is 3.03. The number of nitrogens with one attached hydrogen (secondary N) is 1. The maximum absolute atomic E-state index is 11.7. The third-order valence-corrected chi connectivity index (χ3v) is 4.52. The van der Waals surface area contributed by atoms with Gasteiger partial charge in [-0.15, -0.1) is 0 Å². The van der Waals surface area contributed by atoms with Crippen LogP contribution in [0.4, 0.5) is 0 Å². The molecule has 0 aromatic heterocycles. The van der Waals surface area contributed by atoms with Gasteiger partial charge in [0.1, 0.15) is 18.8 Å². The molecule has 1 fully saturated rings. The molecule has 13 heteroatoms. The average molecular weight is 491 g/mol. The van der Waals surface area contributed by atoms with Crippen LogP contribution in [0.15, 0.2) is 0 Å². The van der Waals surface area contributed by atoms with Crippen LogP contribution in [0.2, 0.25) is 0 Å². The van der Waals surface area contributed by atoms with Gasteiger partial charge in [0.25, 0.3) is 0 Å². The largest absolute Gasteiger partial charge is 0.463 e. The summed E-state index contributed by atoms with van der Waals surface area (Å²) in [5.74, 6) is -2.91. The van der Waals surface area contributed by atoms with Crippen LogP contribution in [-0.4, -0.2) is 70.5 Å². The molecule has 0 aromatic rings. The number of esters is 4. The topological polar surface area (TPSA) is 138 Å². The molecule has 1 N–H and O–H groups in total. The summed E-state index contributed by atoms with van der Waals surface area (Å²) in [7, 11) is 0. The van der Waals surface area contributed by atoms with Crippen molar-refractivity contribution < 1.29 is 42.9 Å². The molecule has 10 nitrogen and oxygen atoms in total. The normalized spacial score (nSPS) is 26.3. The van der Waals surface area contributed by atoms with Crippen LogP contribution >= 0.6 is 34.8 Å². The van der Waals surface area contributed by atoms with Gasteiger partial charge in [-0.05, 0) is 0 Å². The SMILES string of the molecule is CC(=O)OCC1OC(CC(=N)C(Cl)(Cl)Cl)C(OC(C)=O)C(OC(C)=O)C1OC(C)=O. The molecule has 0 spiro atoms. The predicted molar refractivity (Wildman–Crippen MR) is 105 cm³/mol. The van der Waals surface area contributed by atoms with Crippen LogP contribution in [0.5, 0.6) is 0 Å². The van der Waals surface area contributed by atoms with Crippen molar-refractivity contribution in [1.82, 2.24) is 0 Å². The molecule has 1 saturated heterocycles. The molecule has 30 heavy (non-hydrogen) atoms. The van der Waals surface area contributed by atoms with Crippen LogP contribution in [0.1, 0.15) is 34.1 Å². The third-order valence-electron chi connectivity index (χ3n) is 3.83. The maximum atomic E-state index is 11.7. The van der Waals surface area contributed by atoms with E-state index >= 15 is 0 Å². The van der Waals surface area contributed by atoms with Crippen LogP contribution in [0.3, 0.4) is 0 Å². The molecule has 0 bridgehead atoms. The first-order chi connectivity index (χ1) is 13.7. The van der Waals surface area contributed by atoms with E-state index in [0.717, 1.165) is 27.7 Å². The quantitative estimate of drug-likeness (QED) is 0.245. The van der Waals surface area contributed by atoms with Gasteiger partial charge in [0.05, 0.1) is 5.71 Å². The Morgan fingerprint density at radius 2 is 1.23 bits per heavy atom. The Morgan fingerprint density at radius 3 is 1.63 bits per heavy atom. The minimum Gasteiger partial charge on any atom is -0.463 e. The smallest absolute Gasteiger partial charge is 0.303 e. The first-order valence-electron chi connectivity index (χ1n) is 8.67. The lowest BCUT2D eigenvalue weighted by Crippen LogP contribution is -2.62. The zero-order valence-corrected chi connectivity index (χ0v) is 18.9. The summed E-state index contributed by atoms with van der Waals surface area (Å²) in [5.41, 5.74) is -0.395. The molecule has 0 saturated carbocycles. The highest BCUT2D eigenvalue weighted by Crippen LogP contribution is 2.35. The Labute approximate surface area is 187 Å². The Balaban J connectivity index is 3.37. The minimum atomic E-state index is -2.07.